The number of benzene rings is 4. The van der Waals surface area contributed by atoms with Crippen LogP contribution in [-0.2, 0) is 19.1 Å². The molecule has 0 heterocycles. The highest BCUT2D eigenvalue weighted by Crippen LogP contribution is 2.36. The van der Waals surface area contributed by atoms with Gasteiger partial charge in [-0.1, -0.05) is 63.1 Å². The van der Waals surface area contributed by atoms with Crippen LogP contribution in [0.4, 0.5) is 0 Å². The molecule has 1 saturated carbocycles. The summed E-state index contributed by atoms with van der Waals surface area (Å²) in [5.41, 5.74) is 4.46. The average molecular weight is 707 g/mol. The Balaban J connectivity index is 1.09. The van der Waals surface area contributed by atoms with Crippen LogP contribution in [0.15, 0.2) is 91.0 Å². The van der Waals surface area contributed by atoms with Gasteiger partial charge in [0.25, 0.3) is 0 Å². The summed E-state index contributed by atoms with van der Waals surface area (Å²) in [5, 5.41) is 0. The van der Waals surface area contributed by atoms with Crippen molar-refractivity contribution in [2.45, 2.75) is 65.2 Å². The molecule has 272 valence electrons. The lowest BCUT2D eigenvalue weighted by Gasteiger charge is -2.26. The second kappa shape index (κ2) is 18.7. The minimum Gasteiger partial charge on any atom is -0.496 e. The molecule has 4 aromatic carbocycles. The quantitative estimate of drug-likeness (QED) is 0.0678. The van der Waals surface area contributed by atoms with Crippen LogP contribution >= 0.6 is 0 Å². The molecule has 0 aromatic heterocycles. The minimum atomic E-state index is -0.353. The largest absolute Gasteiger partial charge is 0.496 e. The van der Waals surface area contributed by atoms with Crippen molar-refractivity contribution in [2.24, 2.45) is 11.8 Å². The van der Waals surface area contributed by atoms with Crippen molar-refractivity contribution in [3.8, 4) is 39.5 Å². The molecule has 9 heteroatoms. The lowest BCUT2D eigenvalue weighted by Crippen LogP contribution is -2.30. The summed E-state index contributed by atoms with van der Waals surface area (Å²) in [5.74, 6) is -0.632. The van der Waals surface area contributed by atoms with E-state index in [4.69, 9.17) is 23.7 Å². The fourth-order valence-electron chi connectivity index (χ4n) is 6.02. The SMILES string of the molecule is CCCCOC(=O)c1ccc(-c2ccc(OC(=O)[C@H]3CC[C@H](C(=O)Oc4ccc(-c5ccc(C(=O)OCCCC)cc5)c(OC)c4)CC3)cc2)cc1. The number of methoxy groups -OCH3 is 1. The first-order valence-corrected chi connectivity index (χ1v) is 18.1. The number of hydrogen-bond donors (Lipinski definition) is 0. The zero-order valence-corrected chi connectivity index (χ0v) is 30.1. The van der Waals surface area contributed by atoms with Gasteiger partial charge in [0.2, 0.25) is 0 Å². The highest BCUT2D eigenvalue weighted by atomic mass is 16.5. The van der Waals surface area contributed by atoms with Gasteiger partial charge in [0.15, 0.2) is 0 Å². The molecule has 1 aliphatic rings. The number of unbranched alkanes of at least 4 members (excludes halogenated alkanes) is 2. The van der Waals surface area contributed by atoms with Crippen LogP contribution in [-0.4, -0.2) is 44.2 Å². The summed E-state index contributed by atoms with van der Waals surface area (Å²) in [6.45, 7) is 4.89. The topological polar surface area (TPSA) is 114 Å². The van der Waals surface area contributed by atoms with Crippen LogP contribution in [0.25, 0.3) is 22.3 Å². The molecular formula is C43H46O9. The van der Waals surface area contributed by atoms with Crippen molar-refractivity contribution in [3.63, 3.8) is 0 Å². The van der Waals surface area contributed by atoms with Crippen LogP contribution in [0, 0.1) is 11.8 Å². The van der Waals surface area contributed by atoms with Gasteiger partial charge in [0.1, 0.15) is 17.2 Å². The van der Waals surface area contributed by atoms with Gasteiger partial charge < -0.3 is 23.7 Å². The van der Waals surface area contributed by atoms with Gasteiger partial charge in [-0.15, -0.1) is 0 Å². The summed E-state index contributed by atoms with van der Waals surface area (Å²) >= 11 is 0. The van der Waals surface area contributed by atoms with Gasteiger partial charge >= 0.3 is 23.9 Å². The Kier molecular flexibility index (Phi) is 13.6. The van der Waals surface area contributed by atoms with E-state index in [0.29, 0.717) is 67.3 Å². The van der Waals surface area contributed by atoms with E-state index in [0.717, 1.165) is 47.9 Å². The van der Waals surface area contributed by atoms with Gasteiger partial charge in [-0.05, 0) is 104 Å². The number of ether oxygens (including phenoxy) is 5. The molecule has 0 unspecified atom stereocenters. The average Bonchev–Trinajstić information content (AvgIpc) is 3.18. The van der Waals surface area contributed by atoms with Crippen LogP contribution in [0.5, 0.6) is 17.2 Å². The number of esters is 4. The normalized spacial score (nSPS) is 15.3. The molecule has 0 atom stereocenters. The summed E-state index contributed by atoms with van der Waals surface area (Å²) in [4.78, 5) is 50.5. The Morgan fingerprint density at radius 2 is 0.981 bits per heavy atom. The van der Waals surface area contributed by atoms with E-state index in [1.807, 2.05) is 56.3 Å². The Morgan fingerprint density at radius 1 is 0.558 bits per heavy atom. The molecule has 4 aromatic rings. The van der Waals surface area contributed by atoms with Gasteiger partial charge in [-0.2, -0.15) is 0 Å². The summed E-state index contributed by atoms with van der Waals surface area (Å²) in [7, 11) is 1.55. The molecule has 5 rings (SSSR count). The first-order chi connectivity index (χ1) is 25.3. The van der Waals surface area contributed by atoms with E-state index < -0.39 is 0 Å². The van der Waals surface area contributed by atoms with E-state index in [1.54, 1.807) is 55.6 Å². The van der Waals surface area contributed by atoms with Crippen LogP contribution in [0.2, 0.25) is 0 Å². The molecule has 52 heavy (non-hydrogen) atoms. The van der Waals surface area contributed by atoms with Crippen molar-refractivity contribution in [2.75, 3.05) is 20.3 Å². The maximum Gasteiger partial charge on any atom is 0.338 e. The highest BCUT2D eigenvalue weighted by molar-refractivity contribution is 5.91. The standard InChI is InChI=1S/C43H46O9/c1-4-6-26-49-40(44)32-12-8-29(9-13-32)30-20-22-36(23-21-30)51-42(46)34-16-18-35(19-17-34)43(47)52-37-24-25-38(39(28-37)48-3)31-10-14-33(15-11-31)41(45)50-27-7-5-2/h8-15,20-25,28,34-35H,4-7,16-19,26-27H2,1-3H3/t34-,35-. The van der Waals surface area contributed by atoms with Crippen LogP contribution in [0.1, 0.15) is 85.9 Å². The molecule has 0 bridgehead atoms. The molecule has 1 fully saturated rings. The molecule has 0 N–H and O–H groups in total. The predicted octanol–water partition coefficient (Wildman–Crippen LogP) is 9.26. The Labute approximate surface area is 305 Å². The van der Waals surface area contributed by atoms with Crippen molar-refractivity contribution >= 4 is 23.9 Å². The molecule has 0 saturated heterocycles. The first-order valence-electron chi connectivity index (χ1n) is 18.1. The highest BCUT2D eigenvalue weighted by Gasteiger charge is 2.32. The van der Waals surface area contributed by atoms with Gasteiger partial charge in [0, 0.05) is 11.6 Å². The predicted molar refractivity (Wildman–Crippen MR) is 197 cm³/mol. The van der Waals surface area contributed by atoms with Crippen LogP contribution < -0.4 is 14.2 Å². The number of hydrogen-bond acceptors (Lipinski definition) is 9. The minimum absolute atomic E-state index is 0.308. The van der Waals surface area contributed by atoms with Crippen molar-refractivity contribution in [1.29, 1.82) is 0 Å². The number of rotatable bonds is 15. The lowest BCUT2D eigenvalue weighted by molar-refractivity contribution is -0.145. The van der Waals surface area contributed by atoms with Crippen molar-refractivity contribution in [1.82, 2.24) is 0 Å². The third-order valence-corrected chi connectivity index (χ3v) is 9.21. The Hall–Kier alpha value is -5.44. The van der Waals surface area contributed by atoms with Crippen LogP contribution in [0.3, 0.4) is 0 Å². The Morgan fingerprint density at radius 3 is 1.44 bits per heavy atom. The number of carbonyl (C=O) groups is 4. The van der Waals surface area contributed by atoms with Gasteiger partial charge in [-0.3, -0.25) is 9.59 Å². The smallest absolute Gasteiger partial charge is 0.338 e. The molecule has 0 radical (unpaired) electrons. The molecule has 9 nitrogen and oxygen atoms in total. The van der Waals surface area contributed by atoms with Gasteiger partial charge in [0.05, 0.1) is 43.3 Å². The zero-order chi connectivity index (χ0) is 36.9. The van der Waals surface area contributed by atoms with E-state index in [2.05, 4.69) is 0 Å². The van der Waals surface area contributed by atoms with E-state index >= 15 is 0 Å². The second-order valence-corrected chi connectivity index (χ2v) is 12.9. The maximum atomic E-state index is 13.1. The first kappa shape index (κ1) is 37.8. The van der Waals surface area contributed by atoms with Crippen molar-refractivity contribution < 1.29 is 42.9 Å². The summed E-state index contributed by atoms with van der Waals surface area (Å²) in [6, 6.07) is 26.8. The maximum absolute atomic E-state index is 13.1. The van der Waals surface area contributed by atoms with Gasteiger partial charge in [-0.25, -0.2) is 9.59 Å². The fraction of sp³-hybridized carbons (Fsp3) is 0.349. The van der Waals surface area contributed by atoms with Crippen molar-refractivity contribution in [3.05, 3.63) is 102 Å². The molecular weight excluding hydrogens is 660 g/mol. The summed E-state index contributed by atoms with van der Waals surface area (Å²) in [6.07, 6.45) is 5.65. The summed E-state index contributed by atoms with van der Waals surface area (Å²) < 4.78 is 27.6. The second-order valence-electron chi connectivity index (χ2n) is 12.9. The van der Waals surface area contributed by atoms with E-state index in [-0.39, 0.29) is 35.7 Å². The molecule has 0 amide bonds. The molecule has 0 spiro atoms. The fourth-order valence-corrected chi connectivity index (χ4v) is 6.02. The number of carbonyl (C=O) groups excluding carboxylic acids is 4. The molecule has 0 aliphatic heterocycles. The monoisotopic (exact) mass is 706 g/mol. The molecule has 1 aliphatic carbocycles. The van der Waals surface area contributed by atoms with E-state index in [1.165, 1.54) is 0 Å². The Bertz CT molecular complexity index is 1800. The lowest BCUT2D eigenvalue weighted by atomic mass is 9.82. The van der Waals surface area contributed by atoms with E-state index in [9.17, 15) is 19.2 Å². The third-order valence-electron chi connectivity index (χ3n) is 9.21. The zero-order valence-electron chi connectivity index (χ0n) is 30.1. The third kappa shape index (κ3) is 10.1.